The highest BCUT2D eigenvalue weighted by atomic mass is 79.9. The van der Waals surface area contributed by atoms with Gasteiger partial charge in [-0.1, -0.05) is 24.3 Å². The lowest BCUT2D eigenvalue weighted by Gasteiger charge is -2.09. The van der Waals surface area contributed by atoms with Crippen LogP contribution in [0.15, 0.2) is 53.0 Å². The van der Waals surface area contributed by atoms with E-state index in [4.69, 9.17) is 0 Å². The third-order valence-corrected chi connectivity index (χ3v) is 4.21. The Morgan fingerprint density at radius 3 is 2.62 bits per heavy atom. The quantitative estimate of drug-likeness (QED) is 0.730. The molecule has 0 spiro atoms. The highest BCUT2D eigenvalue weighted by molar-refractivity contribution is 9.10. The normalized spacial score (nSPS) is 10.8. The van der Waals surface area contributed by atoms with E-state index in [-0.39, 0.29) is 5.91 Å². The van der Waals surface area contributed by atoms with Crippen molar-refractivity contribution in [1.29, 1.82) is 0 Å². The number of aryl methyl sites for hydroxylation is 2. The maximum absolute atomic E-state index is 12.5. The summed E-state index contributed by atoms with van der Waals surface area (Å²) < 4.78 is 2.79. The number of carbonyl (C=O) groups is 1. The zero-order chi connectivity index (χ0) is 15.0. The minimum atomic E-state index is -0.113. The predicted molar refractivity (Wildman–Crippen MR) is 89.8 cm³/mol. The zero-order valence-electron chi connectivity index (χ0n) is 11.9. The van der Waals surface area contributed by atoms with Crippen LogP contribution in [0, 0.1) is 6.92 Å². The summed E-state index contributed by atoms with van der Waals surface area (Å²) in [5.74, 6) is -0.113. The molecule has 3 nitrogen and oxygen atoms in total. The monoisotopic (exact) mass is 342 g/mol. The Hall–Kier alpha value is -2.07. The molecule has 0 saturated heterocycles. The van der Waals surface area contributed by atoms with E-state index in [0.29, 0.717) is 5.69 Å². The number of nitrogens with one attached hydrogen (secondary N) is 1. The van der Waals surface area contributed by atoms with Crippen molar-refractivity contribution < 1.29 is 4.79 Å². The van der Waals surface area contributed by atoms with Crippen LogP contribution in [-0.4, -0.2) is 10.5 Å². The first-order valence-electron chi connectivity index (χ1n) is 6.68. The fourth-order valence-corrected chi connectivity index (χ4v) is 3.01. The largest absolute Gasteiger partial charge is 0.340 e. The van der Waals surface area contributed by atoms with Gasteiger partial charge in [0.2, 0.25) is 0 Å². The standard InChI is InChI=1S/C17H15BrN2O/c1-11-7-8-14(13(18)9-11)19-17(21)16-10-12-5-3-4-6-15(12)20(16)2/h3-10H,1-2H3,(H,19,21). The summed E-state index contributed by atoms with van der Waals surface area (Å²) in [6, 6.07) is 15.7. The smallest absolute Gasteiger partial charge is 0.272 e. The Morgan fingerprint density at radius 2 is 1.90 bits per heavy atom. The zero-order valence-corrected chi connectivity index (χ0v) is 13.4. The third kappa shape index (κ3) is 2.59. The fraction of sp³-hybridized carbons (Fsp3) is 0.118. The topological polar surface area (TPSA) is 34.0 Å². The maximum Gasteiger partial charge on any atom is 0.272 e. The van der Waals surface area contributed by atoms with Gasteiger partial charge in [-0.15, -0.1) is 0 Å². The van der Waals surface area contributed by atoms with Crippen molar-refractivity contribution in [2.24, 2.45) is 7.05 Å². The summed E-state index contributed by atoms with van der Waals surface area (Å²) in [6.45, 7) is 2.01. The van der Waals surface area contributed by atoms with Gasteiger partial charge in [-0.2, -0.15) is 0 Å². The van der Waals surface area contributed by atoms with Gasteiger partial charge in [-0.25, -0.2) is 0 Å². The van der Waals surface area contributed by atoms with E-state index in [2.05, 4.69) is 21.2 Å². The van der Waals surface area contributed by atoms with Crippen LogP contribution in [0.3, 0.4) is 0 Å². The molecule has 1 aromatic heterocycles. The molecular formula is C17H15BrN2O. The van der Waals surface area contributed by atoms with E-state index in [1.54, 1.807) is 0 Å². The molecular weight excluding hydrogens is 328 g/mol. The second kappa shape index (κ2) is 5.37. The van der Waals surface area contributed by atoms with Gasteiger partial charge in [-0.3, -0.25) is 4.79 Å². The van der Waals surface area contributed by atoms with Gasteiger partial charge in [-0.05, 0) is 52.7 Å². The predicted octanol–water partition coefficient (Wildman–Crippen LogP) is 4.50. The first-order valence-corrected chi connectivity index (χ1v) is 7.47. The van der Waals surface area contributed by atoms with Crippen molar-refractivity contribution in [3.05, 3.63) is 64.3 Å². The van der Waals surface area contributed by atoms with E-state index in [0.717, 1.165) is 26.6 Å². The Balaban J connectivity index is 1.95. The summed E-state index contributed by atoms with van der Waals surface area (Å²) in [5, 5.41) is 4.01. The summed E-state index contributed by atoms with van der Waals surface area (Å²) in [4.78, 5) is 12.5. The average Bonchev–Trinajstić information content (AvgIpc) is 2.80. The molecule has 0 atom stereocenters. The SMILES string of the molecule is Cc1ccc(NC(=O)c2cc3ccccc3n2C)c(Br)c1. The van der Waals surface area contributed by atoms with Gasteiger partial charge in [0, 0.05) is 22.4 Å². The molecule has 0 bridgehead atoms. The number of nitrogens with zero attached hydrogens (tertiary/aromatic N) is 1. The Kier molecular flexibility index (Phi) is 3.55. The minimum absolute atomic E-state index is 0.113. The fourth-order valence-electron chi connectivity index (χ4n) is 2.41. The molecule has 0 aliphatic heterocycles. The number of para-hydroxylation sites is 1. The summed E-state index contributed by atoms with van der Waals surface area (Å²) >= 11 is 3.48. The summed E-state index contributed by atoms with van der Waals surface area (Å²) in [7, 11) is 1.90. The lowest BCUT2D eigenvalue weighted by atomic mass is 10.2. The molecule has 2 aromatic carbocycles. The summed E-state index contributed by atoms with van der Waals surface area (Å²) in [6.07, 6.45) is 0. The summed E-state index contributed by atoms with van der Waals surface area (Å²) in [5.41, 5.74) is 3.61. The van der Waals surface area contributed by atoms with E-state index < -0.39 is 0 Å². The first-order chi connectivity index (χ1) is 10.1. The van der Waals surface area contributed by atoms with E-state index >= 15 is 0 Å². The van der Waals surface area contributed by atoms with Crippen LogP contribution in [0.25, 0.3) is 10.9 Å². The van der Waals surface area contributed by atoms with Crippen molar-refractivity contribution in [2.45, 2.75) is 6.92 Å². The molecule has 106 valence electrons. The second-order valence-corrected chi connectivity index (χ2v) is 5.94. The van der Waals surface area contributed by atoms with Gasteiger partial charge in [0.25, 0.3) is 5.91 Å². The number of carbonyl (C=O) groups excluding carboxylic acids is 1. The highest BCUT2D eigenvalue weighted by Crippen LogP contribution is 2.25. The van der Waals surface area contributed by atoms with E-state index in [9.17, 15) is 4.79 Å². The molecule has 0 radical (unpaired) electrons. The molecule has 0 aliphatic carbocycles. The van der Waals surface area contributed by atoms with Crippen LogP contribution >= 0.6 is 15.9 Å². The Bertz CT molecular complexity index is 836. The van der Waals surface area contributed by atoms with Crippen molar-refractivity contribution in [3.8, 4) is 0 Å². The number of fused-ring (bicyclic) bond motifs is 1. The van der Waals surface area contributed by atoms with Gasteiger partial charge in [0.05, 0.1) is 5.69 Å². The number of benzene rings is 2. The van der Waals surface area contributed by atoms with Crippen molar-refractivity contribution in [2.75, 3.05) is 5.32 Å². The van der Waals surface area contributed by atoms with E-state index in [1.165, 1.54) is 0 Å². The molecule has 1 heterocycles. The molecule has 3 aromatic rings. The molecule has 21 heavy (non-hydrogen) atoms. The molecule has 1 amide bonds. The van der Waals surface area contributed by atoms with Gasteiger partial charge in [0.1, 0.15) is 5.69 Å². The number of halogens is 1. The lowest BCUT2D eigenvalue weighted by Crippen LogP contribution is -2.15. The Morgan fingerprint density at radius 1 is 1.14 bits per heavy atom. The van der Waals surface area contributed by atoms with Crippen molar-refractivity contribution in [3.63, 3.8) is 0 Å². The average molecular weight is 343 g/mol. The molecule has 1 N–H and O–H groups in total. The minimum Gasteiger partial charge on any atom is -0.340 e. The van der Waals surface area contributed by atoms with Crippen LogP contribution < -0.4 is 5.32 Å². The number of aromatic nitrogens is 1. The second-order valence-electron chi connectivity index (χ2n) is 5.08. The molecule has 0 unspecified atom stereocenters. The first kappa shape index (κ1) is 13.9. The molecule has 3 rings (SSSR count). The van der Waals surface area contributed by atoms with Crippen molar-refractivity contribution >= 4 is 38.4 Å². The van der Waals surface area contributed by atoms with E-state index in [1.807, 2.05) is 67.1 Å². The number of rotatable bonds is 2. The van der Waals surface area contributed by atoms with Gasteiger partial charge < -0.3 is 9.88 Å². The molecule has 0 aliphatic rings. The van der Waals surface area contributed by atoms with Crippen LogP contribution in [-0.2, 0) is 7.05 Å². The lowest BCUT2D eigenvalue weighted by molar-refractivity contribution is 0.101. The number of hydrogen-bond donors (Lipinski definition) is 1. The van der Waals surface area contributed by atoms with Crippen LogP contribution in [0.5, 0.6) is 0 Å². The highest BCUT2D eigenvalue weighted by Gasteiger charge is 2.14. The van der Waals surface area contributed by atoms with Crippen LogP contribution in [0.2, 0.25) is 0 Å². The van der Waals surface area contributed by atoms with Gasteiger partial charge >= 0.3 is 0 Å². The van der Waals surface area contributed by atoms with Crippen LogP contribution in [0.4, 0.5) is 5.69 Å². The third-order valence-electron chi connectivity index (χ3n) is 3.56. The molecule has 0 saturated carbocycles. The maximum atomic E-state index is 12.5. The number of amides is 1. The Labute approximate surface area is 131 Å². The molecule has 4 heteroatoms. The van der Waals surface area contributed by atoms with Crippen molar-refractivity contribution in [1.82, 2.24) is 4.57 Å². The van der Waals surface area contributed by atoms with Gasteiger partial charge in [0.15, 0.2) is 0 Å². The number of hydrogen-bond acceptors (Lipinski definition) is 1. The molecule has 0 fully saturated rings. The van der Waals surface area contributed by atoms with Crippen LogP contribution in [0.1, 0.15) is 16.1 Å². The number of anilines is 1.